The van der Waals surface area contributed by atoms with Gasteiger partial charge in [-0.25, -0.2) is 0 Å². The van der Waals surface area contributed by atoms with Crippen LogP contribution in [0.3, 0.4) is 0 Å². The number of nitrogens with one attached hydrogen (secondary N) is 1. The van der Waals surface area contributed by atoms with E-state index >= 15 is 0 Å². The van der Waals surface area contributed by atoms with E-state index in [0.29, 0.717) is 30.6 Å². The number of carbonyl (C=O) groups excluding carboxylic acids is 1. The average molecular weight is 277 g/mol. The van der Waals surface area contributed by atoms with Gasteiger partial charge in [0.1, 0.15) is 5.69 Å². The molecule has 0 unspecified atom stereocenters. The number of pyridine rings is 1. The molecule has 2 aliphatic rings. The molecular formula is C14H19N3O3. The first-order valence-corrected chi connectivity index (χ1v) is 6.91. The van der Waals surface area contributed by atoms with Crippen molar-refractivity contribution in [1.29, 1.82) is 0 Å². The van der Waals surface area contributed by atoms with Crippen LogP contribution < -0.4 is 15.9 Å². The number of amides is 1. The van der Waals surface area contributed by atoms with Gasteiger partial charge in [0.15, 0.2) is 5.75 Å². The zero-order chi connectivity index (χ0) is 14.3. The van der Waals surface area contributed by atoms with E-state index in [2.05, 4.69) is 4.98 Å². The van der Waals surface area contributed by atoms with E-state index < -0.39 is 0 Å². The van der Waals surface area contributed by atoms with Crippen molar-refractivity contribution in [2.75, 3.05) is 20.2 Å². The fourth-order valence-corrected chi connectivity index (χ4v) is 2.95. The number of rotatable bonds is 3. The number of likely N-dealkylation sites (tertiary alicyclic amines) is 1. The molecule has 3 rings (SSSR count). The first kappa shape index (κ1) is 13.2. The van der Waals surface area contributed by atoms with Gasteiger partial charge in [-0.1, -0.05) is 0 Å². The maximum Gasteiger partial charge on any atom is 0.270 e. The van der Waals surface area contributed by atoms with Gasteiger partial charge in [-0.15, -0.1) is 0 Å². The maximum atomic E-state index is 12.4. The van der Waals surface area contributed by atoms with Crippen molar-refractivity contribution in [1.82, 2.24) is 9.88 Å². The molecule has 0 bridgehead atoms. The normalized spacial score (nSPS) is 25.8. The molecule has 2 fully saturated rings. The molecule has 6 heteroatoms. The van der Waals surface area contributed by atoms with Crippen molar-refractivity contribution in [2.24, 2.45) is 17.6 Å². The molecule has 1 amide bonds. The number of ether oxygens (including phenoxy) is 1. The molecule has 0 spiro atoms. The minimum atomic E-state index is -0.295. The monoisotopic (exact) mass is 277 g/mol. The second kappa shape index (κ2) is 4.94. The third kappa shape index (κ3) is 2.31. The van der Waals surface area contributed by atoms with Crippen LogP contribution in [0.1, 0.15) is 23.3 Å². The minimum absolute atomic E-state index is 0.0522. The lowest BCUT2D eigenvalue weighted by atomic mass is 9.99. The Balaban J connectivity index is 1.76. The molecule has 1 saturated heterocycles. The van der Waals surface area contributed by atoms with Crippen molar-refractivity contribution < 1.29 is 9.53 Å². The van der Waals surface area contributed by atoms with Crippen LogP contribution in [-0.2, 0) is 0 Å². The lowest BCUT2D eigenvalue weighted by molar-refractivity contribution is 0.0779. The van der Waals surface area contributed by atoms with Crippen molar-refractivity contribution in [3.05, 3.63) is 28.2 Å². The van der Waals surface area contributed by atoms with E-state index in [1.165, 1.54) is 32.2 Å². The van der Waals surface area contributed by atoms with Crippen molar-refractivity contribution >= 4 is 5.91 Å². The number of aromatic nitrogens is 1. The highest BCUT2D eigenvalue weighted by molar-refractivity contribution is 5.92. The Morgan fingerprint density at radius 3 is 2.80 bits per heavy atom. The van der Waals surface area contributed by atoms with Gasteiger partial charge in [0.2, 0.25) is 5.43 Å². The van der Waals surface area contributed by atoms with E-state index in [4.69, 9.17) is 10.5 Å². The molecule has 1 aromatic heterocycles. The number of hydrogen-bond donors (Lipinski definition) is 2. The van der Waals surface area contributed by atoms with E-state index in [1.807, 2.05) is 0 Å². The lowest BCUT2D eigenvalue weighted by Gasteiger charge is -2.16. The van der Waals surface area contributed by atoms with Crippen molar-refractivity contribution in [3.8, 4) is 5.75 Å². The van der Waals surface area contributed by atoms with E-state index in [9.17, 15) is 9.59 Å². The number of aromatic amines is 1. The fraction of sp³-hybridized carbons (Fsp3) is 0.571. The number of methoxy groups -OCH3 is 1. The van der Waals surface area contributed by atoms with Crippen LogP contribution in [0.2, 0.25) is 0 Å². The summed E-state index contributed by atoms with van der Waals surface area (Å²) in [6, 6.07) is 1.34. The zero-order valence-electron chi connectivity index (χ0n) is 11.5. The van der Waals surface area contributed by atoms with Gasteiger partial charge in [0.05, 0.1) is 7.11 Å². The summed E-state index contributed by atoms with van der Waals surface area (Å²) in [6.45, 7) is 1.26. The third-order valence-corrected chi connectivity index (χ3v) is 4.25. The van der Waals surface area contributed by atoms with Gasteiger partial charge in [0.25, 0.3) is 5.91 Å². The van der Waals surface area contributed by atoms with Crippen LogP contribution >= 0.6 is 0 Å². The van der Waals surface area contributed by atoms with Crippen LogP contribution in [0.5, 0.6) is 5.75 Å². The highest BCUT2D eigenvalue weighted by atomic mass is 16.5. The smallest absolute Gasteiger partial charge is 0.270 e. The molecule has 1 aliphatic carbocycles. The van der Waals surface area contributed by atoms with Crippen LogP contribution in [0, 0.1) is 11.8 Å². The molecule has 1 aromatic rings. The Labute approximate surface area is 116 Å². The van der Waals surface area contributed by atoms with Crippen LogP contribution in [0.25, 0.3) is 0 Å². The second-order valence-corrected chi connectivity index (χ2v) is 5.65. The number of hydrogen-bond acceptors (Lipinski definition) is 4. The van der Waals surface area contributed by atoms with Crippen molar-refractivity contribution in [2.45, 2.75) is 18.9 Å². The number of H-pyrrole nitrogens is 1. The van der Waals surface area contributed by atoms with Crippen LogP contribution in [-0.4, -0.2) is 42.0 Å². The van der Waals surface area contributed by atoms with Gasteiger partial charge in [-0.2, -0.15) is 0 Å². The summed E-state index contributed by atoms with van der Waals surface area (Å²) in [6.07, 6.45) is 3.86. The Morgan fingerprint density at radius 1 is 1.45 bits per heavy atom. The molecule has 6 nitrogen and oxygen atoms in total. The summed E-state index contributed by atoms with van der Waals surface area (Å²) in [5.41, 5.74) is 6.11. The molecule has 2 atom stereocenters. The summed E-state index contributed by atoms with van der Waals surface area (Å²) in [4.78, 5) is 28.7. The Morgan fingerprint density at radius 2 is 2.20 bits per heavy atom. The molecule has 2 heterocycles. The summed E-state index contributed by atoms with van der Waals surface area (Å²) in [7, 11) is 1.42. The topological polar surface area (TPSA) is 88.4 Å². The summed E-state index contributed by atoms with van der Waals surface area (Å²) < 4.78 is 4.89. The first-order chi connectivity index (χ1) is 9.60. The minimum Gasteiger partial charge on any atom is -0.491 e. The number of nitrogens with zero attached hydrogens (tertiary/aromatic N) is 1. The van der Waals surface area contributed by atoms with Crippen molar-refractivity contribution in [3.63, 3.8) is 0 Å². The summed E-state index contributed by atoms with van der Waals surface area (Å²) in [5, 5.41) is 0. The van der Waals surface area contributed by atoms with E-state index in [1.54, 1.807) is 4.90 Å². The highest BCUT2D eigenvalue weighted by Gasteiger charge is 2.42. The van der Waals surface area contributed by atoms with E-state index in [-0.39, 0.29) is 23.1 Å². The quantitative estimate of drug-likeness (QED) is 0.825. The molecule has 108 valence electrons. The molecule has 1 saturated carbocycles. The van der Waals surface area contributed by atoms with Crippen LogP contribution in [0.4, 0.5) is 0 Å². The molecule has 0 radical (unpaired) electrons. The average Bonchev–Trinajstić information content (AvgIpc) is 3.21. The van der Waals surface area contributed by atoms with E-state index in [0.717, 1.165) is 0 Å². The van der Waals surface area contributed by atoms with Gasteiger partial charge in [0, 0.05) is 31.4 Å². The van der Waals surface area contributed by atoms with Gasteiger partial charge in [-0.05, 0) is 24.7 Å². The summed E-state index contributed by atoms with van der Waals surface area (Å²) in [5.74, 6) is 1.13. The second-order valence-electron chi connectivity index (χ2n) is 5.65. The molecule has 20 heavy (non-hydrogen) atoms. The van der Waals surface area contributed by atoms with Crippen LogP contribution in [0.15, 0.2) is 17.1 Å². The third-order valence-electron chi connectivity index (χ3n) is 4.25. The van der Waals surface area contributed by atoms with Gasteiger partial charge < -0.3 is 20.4 Å². The Kier molecular flexibility index (Phi) is 3.25. The predicted molar refractivity (Wildman–Crippen MR) is 73.7 cm³/mol. The molecular weight excluding hydrogens is 258 g/mol. The zero-order valence-corrected chi connectivity index (χ0v) is 11.5. The Hall–Kier alpha value is -1.82. The number of carbonyl (C=O) groups is 1. The van der Waals surface area contributed by atoms with Gasteiger partial charge in [-0.3, -0.25) is 9.59 Å². The highest BCUT2D eigenvalue weighted by Crippen LogP contribution is 2.41. The molecule has 0 aromatic carbocycles. The fourth-order valence-electron chi connectivity index (χ4n) is 2.95. The standard InChI is InChI=1S/C14H19N3O3/c1-20-13-5-16-11(4-12(13)18)14(19)17-6-9(8-2-3-8)10(15)7-17/h4-5,8-10H,2-3,6-7,15H2,1H3,(H,16,18)/t9-,10+/m0/s1. The molecule has 3 N–H and O–H groups in total. The SMILES string of the molecule is COc1c[nH]c(C(=O)N2C[C@@H](N)[C@H](C3CC3)C2)cc1=O. The number of nitrogens with two attached hydrogens (primary N) is 1. The lowest BCUT2D eigenvalue weighted by Crippen LogP contribution is -2.33. The largest absolute Gasteiger partial charge is 0.491 e. The molecule has 1 aliphatic heterocycles. The van der Waals surface area contributed by atoms with Gasteiger partial charge >= 0.3 is 0 Å². The summed E-state index contributed by atoms with van der Waals surface area (Å²) >= 11 is 0. The maximum absolute atomic E-state index is 12.4. The first-order valence-electron chi connectivity index (χ1n) is 6.91. The predicted octanol–water partition coefficient (Wildman–Crippen LogP) is 0.193. The Bertz CT molecular complexity index is 579.